The second kappa shape index (κ2) is 7.18. The second-order valence-corrected chi connectivity index (χ2v) is 7.13. The number of guanidine groups is 1. The van der Waals surface area contributed by atoms with Crippen LogP contribution in [0.3, 0.4) is 0 Å². The number of hydrogen-bond acceptors (Lipinski definition) is 7. The smallest absolute Gasteiger partial charge is 0.198 e. The highest BCUT2D eigenvalue weighted by molar-refractivity contribution is 6.31. The fourth-order valence-corrected chi connectivity index (χ4v) is 3.57. The molecule has 2 aromatic heterocycles. The van der Waals surface area contributed by atoms with E-state index in [1.54, 1.807) is 19.5 Å². The van der Waals surface area contributed by atoms with Gasteiger partial charge in [-0.15, -0.1) is 0 Å². The molecular formula is C21H17ClN6O. The third-order valence-electron chi connectivity index (χ3n) is 4.80. The highest BCUT2D eigenvalue weighted by Crippen LogP contribution is 2.29. The molecule has 29 heavy (non-hydrogen) atoms. The lowest BCUT2D eigenvalue weighted by Gasteiger charge is -2.16. The van der Waals surface area contributed by atoms with Crippen molar-refractivity contribution in [2.75, 3.05) is 12.4 Å². The van der Waals surface area contributed by atoms with Gasteiger partial charge in [-0.1, -0.05) is 17.7 Å². The second-order valence-electron chi connectivity index (χ2n) is 6.69. The number of hydrogen-bond donors (Lipinski definition) is 2. The number of nitrogens with zero attached hydrogens (tertiary/aromatic N) is 4. The van der Waals surface area contributed by atoms with Crippen LogP contribution in [0.5, 0.6) is 5.75 Å². The van der Waals surface area contributed by atoms with Crippen molar-refractivity contribution in [1.29, 1.82) is 0 Å². The summed E-state index contributed by atoms with van der Waals surface area (Å²) < 4.78 is 5.38. The summed E-state index contributed by atoms with van der Waals surface area (Å²) in [5, 5.41) is 8.20. The Kier molecular flexibility index (Phi) is 4.37. The molecule has 0 radical (unpaired) electrons. The van der Waals surface area contributed by atoms with Gasteiger partial charge in [-0.25, -0.2) is 15.0 Å². The molecule has 2 atom stereocenters. The van der Waals surface area contributed by atoms with E-state index in [-0.39, 0.29) is 12.1 Å². The molecule has 5 rings (SSSR count). The molecule has 1 aliphatic carbocycles. The zero-order valence-electron chi connectivity index (χ0n) is 15.5. The van der Waals surface area contributed by atoms with Crippen LogP contribution in [-0.2, 0) is 0 Å². The maximum absolute atomic E-state index is 6.11. The lowest BCUT2D eigenvalue weighted by molar-refractivity contribution is 0.415. The van der Waals surface area contributed by atoms with Crippen LogP contribution in [-0.4, -0.2) is 40.1 Å². The maximum Gasteiger partial charge on any atom is 0.198 e. The molecule has 2 aliphatic rings. The van der Waals surface area contributed by atoms with Crippen LogP contribution in [0.1, 0.15) is 0 Å². The first-order valence-corrected chi connectivity index (χ1v) is 9.50. The fraction of sp³-hybridized carbons (Fsp3) is 0.143. The summed E-state index contributed by atoms with van der Waals surface area (Å²) in [6.45, 7) is 0. The third kappa shape index (κ3) is 3.40. The Labute approximate surface area is 172 Å². The van der Waals surface area contributed by atoms with Crippen molar-refractivity contribution in [2.24, 2.45) is 4.99 Å². The Balaban J connectivity index is 1.57. The number of ether oxygens (including phenoxy) is 1. The van der Waals surface area contributed by atoms with Crippen molar-refractivity contribution in [3.05, 3.63) is 66.0 Å². The number of allylic oxidation sites excluding steroid dienone is 2. The van der Waals surface area contributed by atoms with E-state index in [0.717, 1.165) is 22.2 Å². The molecule has 0 saturated carbocycles. The van der Waals surface area contributed by atoms with E-state index in [1.807, 2.05) is 48.6 Å². The molecule has 2 N–H and O–H groups in total. The number of fused-ring (bicyclic) bond motifs is 2. The highest BCUT2D eigenvalue weighted by atomic mass is 35.5. The average molecular weight is 405 g/mol. The number of nitrogens with one attached hydrogen (secondary N) is 2. The van der Waals surface area contributed by atoms with Crippen molar-refractivity contribution in [2.45, 2.75) is 12.1 Å². The average Bonchev–Trinajstić information content (AvgIpc) is 3.15. The van der Waals surface area contributed by atoms with Gasteiger partial charge in [0.25, 0.3) is 0 Å². The molecule has 0 bridgehead atoms. The van der Waals surface area contributed by atoms with E-state index < -0.39 is 0 Å². The lowest BCUT2D eigenvalue weighted by atomic mass is 10.1. The third-order valence-corrected chi connectivity index (χ3v) is 5.05. The summed E-state index contributed by atoms with van der Waals surface area (Å²) in [4.78, 5) is 18.3. The predicted octanol–water partition coefficient (Wildman–Crippen LogP) is 3.50. The predicted molar refractivity (Wildman–Crippen MR) is 114 cm³/mol. The van der Waals surface area contributed by atoms with Gasteiger partial charge in [0, 0.05) is 28.4 Å². The van der Waals surface area contributed by atoms with Crippen LogP contribution in [0.15, 0.2) is 71.0 Å². The monoisotopic (exact) mass is 404 g/mol. The number of methoxy groups -OCH3 is 1. The summed E-state index contributed by atoms with van der Waals surface area (Å²) in [5.74, 6) is 2.58. The Morgan fingerprint density at radius 2 is 2.14 bits per heavy atom. The minimum Gasteiger partial charge on any atom is -0.497 e. The minimum absolute atomic E-state index is 0.000399. The molecule has 3 aromatic rings. The first-order valence-electron chi connectivity index (χ1n) is 9.13. The summed E-state index contributed by atoms with van der Waals surface area (Å²) in [6, 6.07) is 9.51. The quantitative estimate of drug-likeness (QED) is 0.695. The number of aromatic nitrogens is 3. The maximum atomic E-state index is 6.11. The molecule has 1 aromatic carbocycles. The van der Waals surface area contributed by atoms with Crippen LogP contribution in [0.4, 0.5) is 5.82 Å². The van der Waals surface area contributed by atoms with Gasteiger partial charge >= 0.3 is 0 Å². The molecule has 144 valence electrons. The van der Waals surface area contributed by atoms with Gasteiger partial charge in [-0.2, -0.15) is 0 Å². The van der Waals surface area contributed by atoms with Crippen molar-refractivity contribution in [3.63, 3.8) is 0 Å². The van der Waals surface area contributed by atoms with E-state index in [0.29, 0.717) is 22.6 Å². The van der Waals surface area contributed by atoms with Crippen LogP contribution < -0.4 is 15.4 Å². The van der Waals surface area contributed by atoms with Crippen LogP contribution >= 0.6 is 11.6 Å². The summed E-state index contributed by atoms with van der Waals surface area (Å²) >= 11 is 6.11. The van der Waals surface area contributed by atoms with Gasteiger partial charge in [0.15, 0.2) is 11.8 Å². The number of rotatable bonds is 3. The zero-order chi connectivity index (χ0) is 19.8. The van der Waals surface area contributed by atoms with E-state index in [9.17, 15) is 0 Å². The Morgan fingerprint density at radius 3 is 2.97 bits per heavy atom. The van der Waals surface area contributed by atoms with Gasteiger partial charge in [0.2, 0.25) is 0 Å². The summed E-state index contributed by atoms with van der Waals surface area (Å²) in [6.07, 6.45) is 9.26. The Hall–Kier alpha value is -3.45. The highest BCUT2D eigenvalue weighted by Gasteiger charge is 2.28. The molecule has 3 heterocycles. The van der Waals surface area contributed by atoms with Gasteiger partial charge < -0.3 is 15.4 Å². The van der Waals surface area contributed by atoms with Gasteiger partial charge in [-0.05, 0) is 42.5 Å². The number of halogens is 1. The Morgan fingerprint density at radius 1 is 1.21 bits per heavy atom. The fourth-order valence-electron chi connectivity index (χ4n) is 3.36. The largest absolute Gasteiger partial charge is 0.497 e. The molecule has 7 nitrogen and oxygen atoms in total. The first-order chi connectivity index (χ1) is 14.2. The van der Waals surface area contributed by atoms with E-state index in [4.69, 9.17) is 31.3 Å². The molecule has 0 fully saturated rings. The summed E-state index contributed by atoms with van der Waals surface area (Å²) in [5.41, 5.74) is 1.63. The molecule has 8 heteroatoms. The van der Waals surface area contributed by atoms with Gasteiger partial charge in [-0.3, -0.25) is 4.98 Å². The molecule has 2 unspecified atom stereocenters. The molecular weight excluding hydrogens is 388 g/mol. The van der Waals surface area contributed by atoms with Gasteiger partial charge in [0.1, 0.15) is 11.6 Å². The molecule has 1 aliphatic heterocycles. The van der Waals surface area contributed by atoms with Gasteiger partial charge in [0.05, 0.1) is 24.7 Å². The first kappa shape index (κ1) is 17.6. The molecule has 0 amide bonds. The normalized spacial score (nSPS) is 19.9. The van der Waals surface area contributed by atoms with E-state index in [2.05, 4.69) is 15.6 Å². The number of aliphatic imine (C=N–C) groups is 1. The SMILES string of the molecule is COc1ccc2nc(-c3cccnc3)nc(NC3=NC4C=CC(Cl)=CC4N3)c2c1. The topological polar surface area (TPSA) is 84.3 Å². The van der Waals surface area contributed by atoms with Crippen molar-refractivity contribution in [1.82, 2.24) is 20.3 Å². The lowest BCUT2D eigenvalue weighted by Crippen LogP contribution is -2.36. The Bertz CT molecular complexity index is 1170. The minimum atomic E-state index is 0.000399. The van der Waals surface area contributed by atoms with Crippen LogP contribution in [0, 0.1) is 0 Å². The van der Waals surface area contributed by atoms with E-state index >= 15 is 0 Å². The van der Waals surface area contributed by atoms with Crippen molar-refractivity contribution >= 4 is 34.3 Å². The number of benzene rings is 1. The zero-order valence-corrected chi connectivity index (χ0v) is 16.3. The number of anilines is 1. The molecule has 0 saturated heterocycles. The van der Waals surface area contributed by atoms with Crippen LogP contribution in [0.2, 0.25) is 0 Å². The number of pyridine rings is 1. The standard InChI is InChI=1S/C21H17ClN6O/c1-29-14-5-7-16-15(10-14)20(27-19(24-16)12-3-2-8-23-11-12)28-21-25-17-6-4-13(22)9-18(17)26-21/h2-11,17-18H,1H3,(H2,24,25,26,27,28). The van der Waals surface area contributed by atoms with Crippen LogP contribution in [0.25, 0.3) is 22.3 Å². The summed E-state index contributed by atoms with van der Waals surface area (Å²) in [7, 11) is 1.63. The van der Waals surface area contributed by atoms with Crippen molar-refractivity contribution < 1.29 is 4.74 Å². The van der Waals surface area contributed by atoms with E-state index in [1.165, 1.54) is 0 Å². The molecule has 0 spiro atoms. The van der Waals surface area contributed by atoms with Crippen molar-refractivity contribution in [3.8, 4) is 17.1 Å².